The zero-order valence-corrected chi connectivity index (χ0v) is 12.1. The van der Waals surface area contributed by atoms with Gasteiger partial charge in [-0.05, 0) is 19.1 Å². The van der Waals surface area contributed by atoms with Crippen LogP contribution in [-0.4, -0.2) is 27.3 Å². The Morgan fingerprint density at radius 2 is 2.19 bits per heavy atom. The molecule has 0 spiro atoms. The van der Waals surface area contributed by atoms with Crippen molar-refractivity contribution in [3.8, 4) is 0 Å². The fourth-order valence-electron chi connectivity index (χ4n) is 2.05. The summed E-state index contributed by atoms with van der Waals surface area (Å²) in [6.07, 6.45) is 3.56. The van der Waals surface area contributed by atoms with Gasteiger partial charge in [0.15, 0.2) is 5.78 Å². The first kappa shape index (κ1) is 14.7. The maximum absolute atomic E-state index is 11.6. The summed E-state index contributed by atoms with van der Waals surface area (Å²) in [5.74, 6) is 0.536. The lowest BCUT2D eigenvalue weighted by Crippen LogP contribution is -2.19. The van der Waals surface area contributed by atoms with E-state index in [2.05, 4.69) is 4.98 Å². The second-order valence-electron chi connectivity index (χ2n) is 4.83. The maximum atomic E-state index is 11.6. The largest absolute Gasteiger partial charge is 0.367 e. The van der Waals surface area contributed by atoms with E-state index in [4.69, 9.17) is 0 Å². The molecule has 21 heavy (non-hydrogen) atoms. The highest BCUT2D eigenvalue weighted by Crippen LogP contribution is 2.25. The summed E-state index contributed by atoms with van der Waals surface area (Å²) in [7, 11) is 3.74. The van der Waals surface area contributed by atoms with Gasteiger partial charge >= 0.3 is 0 Å². The van der Waals surface area contributed by atoms with E-state index in [0.717, 1.165) is 11.5 Å². The number of nitro benzene ring substituents is 1. The molecule has 0 aliphatic heterocycles. The molecule has 1 heterocycles. The van der Waals surface area contributed by atoms with Crippen molar-refractivity contribution in [2.24, 2.45) is 7.05 Å². The molecule has 0 atom stereocenters. The van der Waals surface area contributed by atoms with Gasteiger partial charge in [-0.15, -0.1) is 0 Å². The monoisotopic (exact) mass is 288 g/mol. The van der Waals surface area contributed by atoms with E-state index in [1.165, 1.54) is 13.0 Å². The van der Waals surface area contributed by atoms with E-state index in [9.17, 15) is 14.9 Å². The molecule has 0 saturated heterocycles. The lowest BCUT2D eigenvalue weighted by atomic mass is 10.1. The Balaban J connectivity index is 2.32. The van der Waals surface area contributed by atoms with Crippen LogP contribution in [0.5, 0.6) is 0 Å². The number of hydrogen-bond acceptors (Lipinski definition) is 5. The van der Waals surface area contributed by atoms with Crippen LogP contribution < -0.4 is 4.90 Å². The molecule has 0 aliphatic carbocycles. The smallest absolute Gasteiger partial charge is 0.280 e. The number of imidazole rings is 1. The second kappa shape index (κ2) is 5.74. The Labute approximate surface area is 122 Å². The van der Waals surface area contributed by atoms with Gasteiger partial charge in [-0.1, -0.05) is 0 Å². The van der Waals surface area contributed by atoms with E-state index in [1.54, 1.807) is 18.3 Å². The molecular weight excluding hydrogens is 272 g/mol. The van der Waals surface area contributed by atoms with Crippen LogP contribution in [-0.2, 0) is 13.6 Å². The summed E-state index contributed by atoms with van der Waals surface area (Å²) in [4.78, 5) is 28.1. The molecule has 0 saturated carbocycles. The molecule has 7 nitrogen and oxygen atoms in total. The van der Waals surface area contributed by atoms with Gasteiger partial charge in [0.25, 0.3) is 5.69 Å². The van der Waals surface area contributed by atoms with Crippen LogP contribution in [0.4, 0.5) is 11.4 Å². The number of ketones is 1. The number of aromatic nitrogens is 2. The number of rotatable bonds is 5. The lowest BCUT2D eigenvalue weighted by molar-refractivity contribution is -0.385. The van der Waals surface area contributed by atoms with Crippen LogP contribution in [0.2, 0.25) is 0 Å². The van der Waals surface area contributed by atoms with E-state index >= 15 is 0 Å². The molecule has 1 aromatic heterocycles. The van der Waals surface area contributed by atoms with Crippen molar-refractivity contribution < 1.29 is 9.72 Å². The highest BCUT2D eigenvalue weighted by atomic mass is 16.6. The molecule has 0 aliphatic rings. The topological polar surface area (TPSA) is 81.3 Å². The van der Waals surface area contributed by atoms with Crippen molar-refractivity contribution >= 4 is 17.2 Å². The summed E-state index contributed by atoms with van der Waals surface area (Å²) >= 11 is 0. The van der Waals surface area contributed by atoms with E-state index in [1.807, 2.05) is 29.8 Å². The molecule has 0 bridgehead atoms. The van der Waals surface area contributed by atoms with Gasteiger partial charge in [-0.3, -0.25) is 14.9 Å². The van der Waals surface area contributed by atoms with Crippen molar-refractivity contribution in [2.75, 3.05) is 11.9 Å². The molecule has 1 aromatic carbocycles. The normalized spacial score (nSPS) is 10.4. The molecule has 7 heteroatoms. The molecule has 0 N–H and O–H groups in total. The summed E-state index contributed by atoms with van der Waals surface area (Å²) < 4.78 is 1.90. The summed E-state index contributed by atoms with van der Waals surface area (Å²) in [5.41, 5.74) is 0.676. The third-order valence-electron chi connectivity index (χ3n) is 3.30. The fourth-order valence-corrected chi connectivity index (χ4v) is 2.05. The van der Waals surface area contributed by atoms with Crippen LogP contribution in [0.25, 0.3) is 0 Å². The van der Waals surface area contributed by atoms with Crippen molar-refractivity contribution in [2.45, 2.75) is 13.5 Å². The Kier molecular flexibility index (Phi) is 4.02. The van der Waals surface area contributed by atoms with Crippen molar-refractivity contribution in [3.63, 3.8) is 0 Å². The van der Waals surface area contributed by atoms with Crippen LogP contribution >= 0.6 is 0 Å². The highest BCUT2D eigenvalue weighted by Gasteiger charge is 2.19. The lowest BCUT2D eigenvalue weighted by Gasteiger charge is -2.19. The molecule has 0 fully saturated rings. The molecular formula is C14H16N4O3. The van der Waals surface area contributed by atoms with Crippen LogP contribution in [0, 0.1) is 10.1 Å². The minimum Gasteiger partial charge on any atom is -0.367 e. The van der Waals surface area contributed by atoms with Gasteiger partial charge < -0.3 is 9.47 Å². The number of hydrogen-bond donors (Lipinski definition) is 0. The third kappa shape index (κ3) is 3.07. The molecule has 0 amide bonds. The Morgan fingerprint density at radius 1 is 1.48 bits per heavy atom. The van der Waals surface area contributed by atoms with Gasteiger partial charge in [-0.2, -0.15) is 0 Å². The number of benzene rings is 1. The molecule has 2 aromatic rings. The third-order valence-corrected chi connectivity index (χ3v) is 3.30. The average Bonchev–Trinajstić information content (AvgIpc) is 2.83. The fraction of sp³-hybridized carbons (Fsp3) is 0.286. The van der Waals surface area contributed by atoms with E-state index in [0.29, 0.717) is 6.54 Å². The first-order chi connectivity index (χ1) is 9.90. The zero-order chi connectivity index (χ0) is 15.6. The summed E-state index contributed by atoms with van der Waals surface area (Å²) in [6, 6.07) is 4.54. The van der Waals surface area contributed by atoms with Gasteiger partial charge in [0.1, 0.15) is 5.82 Å². The minimum absolute atomic E-state index is 0.115. The number of carbonyl (C=O) groups excluding carboxylic acids is 1. The van der Waals surface area contributed by atoms with Crippen LogP contribution in [0.3, 0.4) is 0 Å². The van der Waals surface area contributed by atoms with Gasteiger partial charge in [0.2, 0.25) is 0 Å². The Morgan fingerprint density at radius 3 is 2.71 bits per heavy atom. The molecule has 0 unspecified atom stereocenters. The number of nitrogens with zero attached hydrogens (tertiary/aromatic N) is 4. The van der Waals surface area contributed by atoms with Crippen LogP contribution in [0.1, 0.15) is 23.1 Å². The minimum atomic E-state index is -0.542. The first-order valence-electron chi connectivity index (χ1n) is 6.37. The number of anilines is 1. The number of carbonyl (C=O) groups is 1. The summed E-state index contributed by atoms with van der Waals surface area (Å²) in [6.45, 7) is 1.86. The Bertz CT molecular complexity index is 693. The van der Waals surface area contributed by atoms with Crippen molar-refractivity contribution in [3.05, 3.63) is 52.1 Å². The van der Waals surface area contributed by atoms with Crippen molar-refractivity contribution in [1.29, 1.82) is 0 Å². The van der Waals surface area contributed by atoms with Gasteiger partial charge in [0, 0.05) is 38.2 Å². The quantitative estimate of drug-likeness (QED) is 0.478. The standard InChI is InChI=1S/C14H16N4O3/c1-10(19)12-8-11(4-5-13(12)18(20)21)17(3)9-14-15-6-7-16(14)2/h4-8H,9H2,1-3H3. The zero-order valence-electron chi connectivity index (χ0n) is 12.1. The second-order valence-corrected chi connectivity index (χ2v) is 4.83. The number of aryl methyl sites for hydroxylation is 1. The molecule has 2 rings (SSSR count). The summed E-state index contributed by atoms with van der Waals surface area (Å²) in [5, 5.41) is 10.9. The predicted octanol–water partition coefficient (Wildman–Crippen LogP) is 2.17. The Hall–Kier alpha value is -2.70. The number of Topliss-reactive ketones (excluding diaryl/α,β-unsaturated/α-hetero) is 1. The van der Waals surface area contributed by atoms with Gasteiger partial charge in [0.05, 0.1) is 17.0 Å². The highest BCUT2D eigenvalue weighted by molar-refractivity contribution is 5.99. The predicted molar refractivity (Wildman–Crippen MR) is 78.4 cm³/mol. The number of nitro groups is 1. The SMILES string of the molecule is CC(=O)c1cc(N(C)Cc2nccn2C)ccc1[N+](=O)[O-]. The molecule has 110 valence electrons. The average molecular weight is 288 g/mol. The maximum Gasteiger partial charge on any atom is 0.280 e. The van der Waals surface area contributed by atoms with E-state index < -0.39 is 4.92 Å². The van der Waals surface area contributed by atoms with Crippen LogP contribution in [0.15, 0.2) is 30.6 Å². The first-order valence-corrected chi connectivity index (χ1v) is 6.37. The molecule has 0 radical (unpaired) electrons. The van der Waals surface area contributed by atoms with E-state index in [-0.39, 0.29) is 17.0 Å². The van der Waals surface area contributed by atoms with Crippen molar-refractivity contribution in [1.82, 2.24) is 9.55 Å². The van der Waals surface area contributed by atoms with Gasteiger partial charge in [-0.25, -0.2) is 4.98 Å².